The predicted octanol–water partition coefficient (Wildman–Crippen LogP) is 2.82. The molecule has 3 nitrogen and oxygen atoms in total. The molecule has 1 saturated heterocycles. The van der Waals surface area contributed by atoms with Gasteiger partial charge in [0, 0.05) is 44.8 Å². The van der Waals surface area contributed by atoms with Crippen LogP contribution in [-0.4, -0.2) is 61.7 Å². The summed E-state index contributed by atoms with van der Waals surface area (Å²) in [5, 5.41) is 3.63. The molecule has 2 rings (SSSR count). The van der Waals surface area contributed by atoms with E-state index in [1.807, 2.05) is 0 Å². The van der Waals surface area contributed by atoms with Crippen LogP contribution in [0.1, 0.15) is 53.4 Å². The zero-order chi connectivity index (χ0) is 15.5. The Kier molecular flexibility index (Phi) is 6.10. The molecule has 3 unspecified atom stereocenters. The van der Waals surface area contributed by atoms with E-state index >= 15 is 0 Å². The standard InChI is InChI=1S/C18H37N3/c1-6-15(2)21-12-10-20(11-13-21)14-16-8-7-9-18(3,4)17(16)19-5/h15-17,19H,6-14H2,1-5H3. The largest absolute Gasteiger partial charge is 0.316 e. The van der Waals surface area contributed by atoms with Crippen LogP contribution in [-0.2, 0) is 0 Å². The molecule has 124 valence electrons. The van der Waals surface area contributed by atoms with Crippen LogP contribution in [0.5, 0.6) is 0 Å². The van der Waals surface area contributed by atoms with E-state index in [1.165, 1.54) is 58.4 Å². The third-order valence-electron chi connectivity index (χ3n) is 6.13. The average molecular weight is 296 g/mol. The highest BCUT2D eigenvalue weighted by molar-refractivity contribution is 4.94. The zero-order valence-electron chi connectivity index (χ0n) is 15.0. The van der Waals surface area contributed by atoms with Crippen molar-refractivity contribution >= 4 is 0 Å². The van der Waals surface area contributed by atoms with Crippen molar-refractivity contribution < 1.29 is 0 Å². The molecule has 1 aliphatic heterocycles. The molecule has 0 aromatic rings. The first kappa shape index (κ1) is 17.2. The number of rotatable bonds is 5. The lowest BCUT2D eigenvalue weighted by molar-refractivity contribution is 0.0508. The highest BCUT2D eigenvalue weighted by Crippen LogP contribution is 2.39. The van der Waals surface area contributed by atoms with Gasteiger partial charge >= 0.3 is 0 Å². The summed E-state index contributed by atoms with van der Waals surface area (Å²) in [6.45, 7) is 15.9. The van der Waals surface area contributed by atoms with Gasteiger partial charge in [0.1, 0.15) is 0 Å². The number of hydrogen-bond donors (Lipinski definition) is 1. The van der Waals surface area contributed by atoms with E-state index in [9.17, 15) is 0 Å². The van der Waals surface area contributed by atoms with Crippen molar-refractivity contribution in [1.82, 2.24) is 15.1 Å². The van der Waals surface area contributed by atoms with E-state index in [-0.39, 0.29) is 0 Å². The zero-order valence-corrected chi connectivity index (χ0v) is 15.0. The second-order valence-electron chi connectivity index (χ2n) is 8.00. The molecular formula is C18H37N3. The molecule has 2 fully saturated rings. The van der Waals surface area contributed by atoms with Crippen molar-refractivity contribution in [3.8, 4) is 0 Å². The van der Waals surface area contributed by atoms with E-state index in [1.54, 1.807) is 0 Å². The van der Waals surface area contributed by atoms with Crippen molar-refractivity contribution in [2.75, 3.05) is 39.8 Å². The van der Waals surface area contributed by atoms with Crippen LogP contribution >= 0.6 is 0 Å². The van der Waals surface area contributed by atoms with Crippen LogP contribution in [0.2, 0.25) is 0 Å². The molecule has 0 bridgehead atoms. The summed E-state index contributed by atoms with van der Waals surface area (Å²) < 4.78 is 0. The summed E-state index contributed by atoms with van der Waals surface area (Å²) in [7, 11) is 2.16. The van der Waals surface area contributed by atoms with Crippen molar-refractivity contribution in [3.63, 3.8) is 0 Å². The summed E-state index contributed by atoms with van der Waals surface area (Å²) >= 11 is 0. The SMILES string of the molecule is CCC(C)N1CCN(CC2CCCC(C)(C)C2NC)CC1. The Morgan fingerprint density at radius 3 is 2.43 bits per heavy atom. The Labute approximate surface area is 132 Å². The van der Waals surface area contributed by atoms with Gasteiger partial charge in [0.05, 0.1) is 0 Å². The molecule has 3 heteroatoms. The third kappa shape index (κ3) is 4.20. The quantitative estimate of drug-likeness (QED) is 0.841. The van der Waals surface area contributed by atoms with Gasteiger partial charge in [-0.15, -0.1) is 0 Å². The Morgan fingerprint density at radius 2 is 1.86 bits per heavy atom. The molecule has 1 N–H and O–H groups in total. The molecule has 0 amide bonds. The van der Waals surface area contributed by atoms with E-state index in [2.05, 4.69) is 49.9 Å². The van der Waals surface area contributed by atoms with Crippen molar-refractivity contribution in [1.29, 1.82) is 0 Å². The summed E-state index contributed by atoms with van der Waals surface area (Å²) in [6, 6.07) is 1.43. The summed E-state index contributed by atoms with van der Waals surface area (Å²) in [6.07, 6.45) is 5.46. The Balaban J connectivity index is 1.85. The molecule has 1 aliphatic carbocycles. The molecule has 0 aromatic heterocycles. The Bertz CT molecular complexity index is 308. The van der Waals surface area contributed by atoms with Crippen LogP contribution in [0.25, 0.3) is 0 Å². The van der Waals surface area contributed by atoms with Crippen molar-refractivity contribution in [3.05, 3.63) is 0 Å². The van der Waals surface area contributed by atoms with Gasteiger partial charge in [-0.3, -0.25) is 4.90 Å². The van der Waals surface area contributed by atoms with Crippen molar-refractivity contribution in [2.24, 2.45) is 11.3 Å². The summed E-state index contributed by atoms with van der Waals surface area (Å²) in [5.74, 6) is 0.828. The smallest absolute Gasteiger partial charge is 0.0156 e. The van der Waals surface area contributed by atoms with Crippen LogP contribution in [0.15, 0.2) is 0 Å². The van der Waals surface area contributed by atoms with Crippen molar-refractivity contribution in [2.45, 2.75) is 65.5 Å². The first-order valence-corrected chi connectivity index (χ1v) is 9.11. The van der Waals surface area contributed by atoms with Crippen LogP contribution in [0, 0.1) is 11.3 Å². The first-order chi connectivity index (χ1) is 9.97. The maximum atomic E-state index is 3.63. The van der Waals surface area contributed by atoms with Crippen LogP contribution in [0.3, 0.4) is 0 Å². The van der Waals surface area contributed by atoms with Gasteiger partial charge in [0.25, 0.3) is 0 Å². The normalized spacial score (nSPS) is 33.0. The Hall–Kier alpha value is -0.120. The lowest BCUT2D eigenvalue weighted by atomic mass is 9.68. The number of nitrogens with zero attached hydrogens (tertiary/aromatic N) is 2. The molecule has 0 spiro atoms. The molecule has 1 heterocycles. The fourth-order valence-electron chi connectivity index (χ4n) is 4.58. The number of piperazine rings is 1. The number of nitrogens with one attached hydrogen (secondary N) is 1. The lowest BCUT2D eigenvalue weighted by Crippen LogP contribution is -2.55. The van der Waals surface area contributed by atoms with E-state index in [0.717, 1.165) is 12.0 Å². The third-order valence-corrected chi connectivity index (χ3v) is 6.13. The Morgan fingerprint density at radius 1 is 1.19 bits per heavy atom. The fraction of sp³-hybridized carbons (Fsp3) is 1.00. The second-order valence-corrected chi connectivity index (χ2v) is 8.00. The minimum Gasteiger partial charge on any atom is -0.316 e. The molecule has 0 aromatic carbocycles. The van der Waals surface area contributed by atoms with E-state index in [0.29, 0.717) is 11.5 Å². The molecular weight excluding hydrogens is 258 g/mol. The average Bonchev–Trinajstić information content (AvgIpc) is 2.46. The summed E-state index contributed by atoms with van der Waals surface area (Å²) in [5.41, 5.74) is 0.455. The van der Waals surface area contributed by atoms with Gasteiger partial charge in [-0.1, -0.05) is 27.2 Å². The van der Waals surface area contributed by atoms with Crippen LogP contribution in [0.4, 0.5) is 0 Å². The minimum absolute atomic E-state index is 0.455. The highest BCUT2D eigenvalue weighted by atomic mass is 15.3. The molecule has 21 heavy (non-hydrogen) atoms. The van der Waals surface area contributed by atoms with E-state index < -0.39 is 0 Å². The first-order valence-electron chi connectivity index (χ1n) is 9.11. The molecule has 2 aliphatic rings. The highest BCUT2D eigenvalue weighted by Gasteiger charge is 2.38. The second kappa shape index (κ2) is 7.43. The van der Waals surface area contributed by atoms with Gasteiger partial charge in [-0.2, -0.15) is 0 Å². The maximum absolute atomic E-state index is 3.63. The van der Waals surface area contributed by atoms with Gasteiger partial charge in [-0.05, 0) is 44.6 Å². The molecule has 3 atom stereocenters. The fourth-order valence-corrected chi connectivity index (χ4v) is 4.58. The number of hydrogen-bond acceptors (Lipinski definition) is 3. The van der Waals surface area contributed by atoms with Crippen LogP contribution < -0.4 is 5.32 Å². The molecule has 0 radical (unpaired) electrons. The minimum atomic E-state index is 0.455. The predicted molar refractivity (Wildman–Crippen MR) is 91.7 cm³/mol. The van der Waals surface area contributed by atoms with E-state index in [4.69, 9.17) is 0 Å². The van der Waals surface area contributed by atoms with Gasteiger partial charge in [-0.25, -0.2) is 0 Å². The monoisotopic (exact) mass is 295 g/mol. The molecule has 1 saturated carbocycles. The van der Waals surface area contributed by atoms with Gasteiger partial charge < -0.3 is 10.2 Å². The summed E-state index contributed by atoms with van der Waals surface area (Å²) in [4.78, 5) is 5.38. The maximum Gasteiger partial charge on any atom is 0.0156 e. The van der Waals surface area contributed by atoms with Gasteiger partial charge in [0.2, 0.25) is 0 Å². The topological polar surface area (TPSA) is 18.5 Å². The van der Waals surface area contributed by atoms with Gasteiger partial charge in [0.15, 0.2) is 0 Å². The lowest BCUT2D eigenvalue weighted by Gasteiger charge is -2.47.